The summed E-state index contributed by atoms with van der Waals surface area (Å²) in [4.78, 5) is 0. The van der Waals surface area contributed by atoms with Gasteiger partial charge in [-0.15, -0.1) is 0 Å². The summed E-state index contributed by atoms with van der Waals surface area (Å²) in [5, 5.41) is 0. The summed E-state index contributed by atoms with van der Waals surface area (Å²) in [7, 11) is 0. The molecular formula is C13H9F4N2O2S-. The summed E-state index contributed by atoms with van der Waals surface area (Å²) in [5.74, 6) is -0.931. The first-order valence-corrected chi connectivity index (χ1v) is 6.88. The zero-order valence-corrected chi connectivity index (χ0v) is 11.6. The standard InChI is InChI=1S/C13H10F4N2O2S/c14-10-5-8(6-11(18)12(10)19-22(20)21)7-1-3-9(4-2-7)13(15,16)17/h1-6,19H,18H2,(H,20,21)/p-1. The van der Waals surface area contributed by atoms with Crippen molar-refractivity contribution < 1.29 is 26.3 Å². The number of nitrogen functional groups attached to an aromatic ring is 1. The summed E-state index contributed by atoms with van der Waals surface area (Å²) < 4.78 is 74.1. The number of hydrogen-bond acceptors (Lipinski definition) is 3. The average Bonchev–Trinajstić information content (AvgIpc) is 2.41. The SMILES string of the molecule is Nc1cc(-c2ccc(C(F)(F)F)cc2)cc(F)c1NS(=O)[O-]. The third-order valence-electron chi connectivity index (χ3n) is 2.85. The Labute approximate surface area is 125 Å². The number of anilines is 2. The molecule has 9 heteroatoms. The monoisotopic (exact) mass is 333 g/mol. The molecule has 118 valence electrons. The van der Waals surface area contributed by atoms with Crippen molar-refractivity contribution in [2.75, 3.05) is 10.5 Å². The van der Waals surface area contributed by atoms with Crippen LogP contribution in [0.5, 0.6) is 0 Å². The molecule has 0 amide bonds. The predicted molar refractivity (Wildman–Crippen MR) is 73.8 cm³/mol. The first kappa shape index (κ1) is 16.2. The highest BCUT2D eigenvalue weighted by Gasteiger charge is 2.30. The molecule has 0 aliphatic heterocycles. The molecule has 0 heterocycles. The van der Waals surface area contributed by atoms with Gasteiger partial charge in [-0.2, -0.15) is 13.2 Å². The molecular weight excluding hydrogens is 324 g/mol. The van der Waals surface area contributed by atoms with E-state index in [1.54, 1.807) is 0 Å². The van der Waals surface area contributed by atoms with E-state index in [2.05, 4.69) is 0 Å². The van der Waals surface area contributed by atoms with E-state index < -0.39 is 34.5 Å². The van der Waals surface area contributed by atoms with Crippen molar-refractivity contribution in [1.29, 1.82) is 0 Å². The molecule has 1 atom stereocenters. The first-order valence-electron chi connectivity index (χ1n) is 5.81. The van der Waals surface area contributed by atoms with Gasteiger partial charge in [-0.25, -0.2) is 4.39 Å². The molecule has 0 aromatic heterocycles. The van der Waals surface area contributed by atoms with Crippen LogP contribution in [0.3, 0.4) is 0 Å². The largest absolute Gasteiger partial charge is 0.755 e. The van der Waals surface area contributed by atoms with E-state index in [1.807, 2.05) is 4.72 Å². The maximum atomic E-state index is 13.8. The minimum atomic E-state index is -4.46. The molecule has 2 aromatic carbocycles. The van der Waals surface area contributed by atoms with Crippen LogP contribution >= 0.6 is 0 Å². The molecule has 0 spiro atoms. The summed E-state index contributed by atoms with van der Waals surface area (Å²) in [5.41, 5.74) is 4.67. The summed E-state index contributed by atoms with van der Waals surface area (Å²) >= 11 is -2.75. The normalized spacial score (nSPS) is 13.0. The maximum absolute atomic E-state index is 13.8. The van der Waals surface area contributed by atoms with Crippen LogP contribution in [0.1, 0.15) is 5.56 Å². The van der Waals surface area contributed by atoms with E-state index in [4.69, 9.17) is 5.73 Å². The minimum absolute atomic E-state index is 0.181. The number of nitrogens with one attached hydrogen (secondary N) is 1. The second-order valence-corrected chi connectivity index (χ2v) is 5.01. The Kier molecular flexibility index (Phi) is 4.38. The van der Waals surface area contributed by atoms with Crippen molar-refractivity contribution in [1.82, 2.24) is 0 Å². The van der Waals surface area contributed by atoms with E-state index in [1.165, 1.54) is 18.2 Å². The number of alkyl halides is 3. The quantitative estimate of drug-likeness (QED) is 0.514. The van der Waals surface area contributed by atoms with E-state index in [9.17, 15) is 26.3 Å². The minimum Gasteiger partial charge on any atom is -0.755 e. The highest BCUT2D eigenvalue weighted by Crippen LogP contribution is 2.33. The summed E-state index contributed by atoms with van der Waals surface area (Å²) in [6.07, 6.45) is -4.46. The van der Waals surface area contributed by atoms with Crippen LogP contribution in [0.4, 0.5) is 28.9 Å². The molecule has 0 aliphatic rings. The molecule has 2 rings (SSSR count). The lowest BCUT2D eigenvalue weighted by molar-refractivity contribution is -0.137. The Morgan fingerprint density at radius 1 is 1.09 bits per heavy atom. The lowest BCUT2D eigenvalue weighted by Gasteiger charge is -2.14. The Balaban J connectivity index is 2.39. The van der Waals surface area contributed by atoms with Crippen molar-refractivity contribution in [2.45, 2.75) is 6.18 Å². The van der Waals surface area contributed by atoms with Crippen molar-refractivity contribution in [2.24, 2.45) is 0 Å². The second kappa shape index (κ2) is 5.93. The third kappa shape index (κ3) is 3.55. The van der Waals surface area contributed by atoms with Crippen molar-refractivity contribution in [3.63, 3.8) is 0 Å². The first-order chi connectivity index (χ1) is 10.2. The Hall–Kier alpha value is -2.13. The number of rotatable bonds is 3. The number of benzene rings is 2. The zero-order valence-electron chi connectivity index (χ0n) is 10.8. The van der Waals surface area contributed by atoms with Crippen molar-refractivity contribution in [3.05, 3.63) is 47.8 Å². The zero-order chi connectivity index (χ0) is 16.5. The maximum Gasteiger partial charge on any atom is 0.416 e. The number of halogens is 4. The fraction of sp³-hybridized carbons (Fsp3) is 0.0769. The van der Waals surface area contributed by atoms with Crippen LogP contribution < -0.4 is 10.5 Å². The molecule has 0 radical (unpaired) electrons. The number of hydrogen-bond donors (Lipinski definition) is 2. The fourth-order valence-electron chi connectivity index (χ4n) is 1.84. The lowest BCUT2D eigenvalue weighted by Crippen LogP contribution is -2.07. The summed E-state index contributed by atoms with van der Waals surface area (Å²) in [6, 6.07) is 6.32. The van der Waals surface area contributed by atoms with Gasteiger partial charge in [0.05, 0.1) is 11.3 Å². The van der Waals surface area contributed by atoms with Gasteiger partial charge in [-0.3, -0.25) is 4.21 Å². The van der Waals surface area contributed by atoms with Crippen LogP contribution in [-0.4, -0.2) is 8.76 Å². The van der Waals surface area contributed by atoms with Crippen LogP contribution in [0.25, 0.3) is 11.1 Å². The molecule has 22 heavy (non-hydrogen) atoms. The fourth-order valence-corrected chi connectivity index (χ4v) is 2.22. The van der Waals surface area contributed by atoms with Gasteiger partial charge in [-0.05, 0) is 35.4 Å². The molecule has 4 nitrogen and oxygen atoms in total. The van der Waals surface area contributed by atoms with E-state index in [0.29, 0.717) is 5.56 Å². The Morgan fingerprint density at radius 3 is 2.14 bits per heavy atom. The van der Waals surface area contributed by atoms with Gasteiger partial charge in [0, 0.05) is 11.3 Å². The van der Waals surface area contributed by atoms with E-state index in [-0.39, 0.29) is 11.3 Å². The van der Waals surface area contributed by atoms with Crippen LogP contribution in [0, 0.1) is 5.82 Å². The van der Waals surface area contributed by atoms with Crippen molar-refractivity contribution >= 4 is 22.6 Å². The molecule has 2 aromatic rings. The Bertz CT molecular complexity index is 694. The smallest absolute Gasteiger partial charge is 0.416 e. The molecule has 3 N–H and O–H groups in total. The van der Waals surface area contributed by atoms with Gasteiger partial charge in [0.2, 0.25) is 0 Å². The van der Waals surface area contributed by atoms with Gasteiger partial charge >= 0.3 is 6.18 Å². The van der Waals surface area contributed by atoms with Gasteiger partial charge in [-0.1, -0.05) is 12.1 Å². The van der Waals surface area contributed by atoms with Crippen LogP contribution in [0.15, 0.2) is 36.4 Å². The molecule has 0 saturated carbocycles. The number of nitrogens with two attached hydrogens (primary N) is 1. The Morgan fingerprint density at radius 2 is 1.68 bits per heavy atom. The lowest BCUT2D eigenvalue weighted by atomic mass is 10.0. The second-order valence-electron chi connectivity index (χ2n) is 4.33. The van der Waals surface area contributed by atoms with Crippen LogP contribution in [-0.2, 0) is 17.4 Å². The van der Waals surface area contributed by atoms with E-state index in [0.717, 1.165) is 18.2 Å². The summed E-state index contributed by atoms with van der Waals surface area (Å²) in [6.45, 7) is 0. The van der Waals surface area contributed by atoms with Gasteiger partial charge in [0.25, 0.3) is 0 Å². The molecule has 0 bridgehead atoms. The third-order valence-corrected chi connectivity index (χ3v) is 3.22. The van der Waals surface area contributed by atoms with Crippen LogP contribution in [0.2, 0.25) is 0 Å². The predicted octanol–water partition coefficient (Wildman–Crippen LogP) is 3.30. The molecule has 0 aliphatic carbocycles. The van der Waals surface area contributed by atoms with Gasteiger partial charge in [0.1, 0.15) is 11.5 Å². The highest BCUT2D eigenvalue weighted by atomic mass is 32.2. The molecule has 0 saturated heterocycles. The van der Waals surface area contributed by atoms with Gasteiger partial charge < -0.3 is 15.0 Å². The van der Waals surface area contributed by atoms with Crippen molar-refractivity contribution in [3.8, 4) is 11.1 Å². The van der Waals surface area contributed by atoms with Gasteiger partial charge in [0.15, 0.2) is 0 Å². The molecule has 1 unspecified atom stereocenters. The average molecular weight is 333 g/mol. The topological polar surface area (TPSA) is 78.2 Å². The van der Waals surface area contributed by atoms with E-state index >= 15 is 0 Å². The highest BCUT2D eigenvalue weighted by molar-refractivity contribution is 7.80. The molecule has 0 fully saturated rings.